The second-order valence-corrected chi connectivity index (χ2v) is 6.02. The molecule has 1 atom stereocenters. The van der Waals surface area contributed by atoms with E-state index in [9.17, 15) is 0 Å². The Labute approximate surface area is 122 Å². The number of aromatic amines is 1. The van der Waals surface area contributed by atoms with Crippen molar-refractivity contribution in [3.05, 3.63) is 35.5 Å². The van der Waals surface area contributed by atoms with Gasteiger partial charge in [0.2, 0.25) is 0 Å². The first-order chi connectivity index (χ1) is 9.90. The quantitative estimate of drug-likeness (QED) is 0.731. The molecule has 0 amide bonds. The smallest absolute Gasteiger partial charge is 0.0476 e. The maximum absolute atomic E-state index is 3.77. The minimum Gasteiger partial charge on any atom is -0.357 e. The summed E-state index contributed by atoms with van der Waals surface area (Å²) < 4.78 is 0. The van der Waals surface area contributed by atoms with E-state index in [0.717, 1.165) is 6.54 Å². The Hall–Kier alpha value is -1.28. The van der Waals surface area contributed by atoms with E-state index in [1.165, 1.54) is 61.5 Å². The van der Waals surface area contributed by atoms with E-state index in [4.69, 9.17) is 0 Å². The summed E-state index contributed by atoms with van der Waals surface area (Å²) in [6.45, 7) is 3.42. The van der Waals surface area contributed by atoms with Crippen molar-refractivity contribution < 1.29 is 0 Å². The first-order valence-electron chi connectivity index (χ1n) is 8.23. The second kappa shape index (κ2) is 6.45. The molecule has 0 spiro atoms. The van der Waals surface area contributed by atoms with Gasteiger partial charge in [0.05, 0.1) is 0 Å². The highest BCUT2D eigenvalue weighted by Gasteiger charge is 2.23. The highest BCUT2D eigenvalue weighted by Crippen LogP contribution is 2.34. The molecule has 1 aromatic carbocycles. The Morgan fingerprint density at radius 3 is 3.00 bits per heavy atom. The highest BCUT2D eigenvalue weighted by molar-refractivity contribution is 5.85. The molecule has 1 unspecified atom stereocenters. The molecule has 1 aliphatic rings. The van der Waals surface area contributed by atoms with E-state index in [0.29, 0.717) is 6.04 Å². The predicted molar refractivity (Wildman–Crippen MR) is 86.1 cm³/mol. The Bertz CT molecular complexity index is 556. The summed E-state index contributed by atoms with van der Waals surface area (Å²) in [5.74, 6) is 0. The van der Waals surface area contributed by atoms with Crippen molar-refractivity contribution in [2.24, 2.45) is 0 Å². The van der Waals surface area contributed by atoms with Crippen molar-refractivity contribution >= 4 is 10.9 Å². The standard InChI is InChI=1S/C18H26N2/c1-2-3-4-7-13-19-17-12-8-10-15-14-9-5-6-11-16(14)20-18(15)17/h5-6,9,11,17,19-20H,2-4,7-8,10,12-13H2,1H3. The Balaban J connectivity index is 1.70. The molecule has 1 aromatic heterocycles. The van der Waals surface area contributed by atoms with Crippen molar-refractivity contribution in [1.82, 2.24) is 10.3 Å². The monoisotopic (exact) mass is 270 g/mol. The van der Waals surface area contributed by atoms with Gasteiger partial charge in [-0.05, 0) is 43.9 Å². The summed E-state index contributed by atoms with van der Waals surface area (Å²) in [4.78, 5) is 3.66. The predicted octanol–water partition coefficient (Wildman–Crippen LogP) is 4.72. The number of para-hydroxylation sites is 1. The Morgan fingerprint density at radius 1 is 1.20 bits per heavy atom. The maximum atomic E-state index is 3.77. The zero-order valence-corrected chi connectivity index (χ0v) is 12.5. The van der Waals surface area contributed by atoms with Crippen LogP contribution in [0.3, 0.4) is 0 Å². The Morgan fingerprint density at radius 2 is 2.10 bits per heavy atom. The molecule has 0 bridgehead atoms. The van der Waals surface area contributed by atoms with Crippen molar-refractivity contribution in [3.63, 3.8) is 0 Å². The molecule has 2 N–H and O–H groups in total. The molecule has 2 nitrogen and oxygen atoms in total. The molecule has 20 heavy (non-hydrogen) atoms. The van der Waals surface area contributed by atoms with Crippen LogP contribution in [0.25, 0.3) is 10.9 Å². The van der Waals surface area contributed by atoms with Gasteiger partial charge in [0.15, 0.2) is 0 Å². The fourth-order valence-electron chi connectivity index (χ4n) is 3.45. The molecular formula is C18H26N2. The molecule has 0 radical (unpaired) electrons. The Kier molecular flexibility index (Phi) is 4.41. The summed E-state index contributed by atoms with van der Waals surface area (Å²) >= 11 is 0. The van der Waals surface area contributed by atoms with Crippen LogP contribution in [0.1, 0.15) is 62.7 Å². The summed E-state index contributed by atoms with van der Waals surface area (Å²) in [6, 6.07) is 9.27. The van der Waals surface area contributed by atoms with Crippen molar-refractivity contribution in [2.45, 2.75) is 57.9 Å². The summed E-state index contributed by atoms with van der Waals surface area (Å²) in [5, 5.41) is 5.20. The summed E-state index contributed by atoms with van der Waals surface area (Å²) in [6.07, 6.45) is 9.15. The van der Waals surface area contributed by atoms with Gasteiger partial charge in [-0.25, -0.2) is 0 Å². The number of aryl methyl sites for hydroxylation is 1. The molecule has 3 rings (SSSR count). The van der Waals surface area contributed by atoms with E-state index in [2.05, 4.69) is 41.5 Å². The molecule has 0 fully saturated rings. The topological polar surface area (TPSA) is 27.8 Å². The number of aromatic nitrogens is 1. The second-order valence-electron chi connectivity index (χ2n) is 6.02. The van der Waals surface area contributed by atoms with Gasteiger partial charge in [-0.1, -0.05) is 44.4 Å². The van der Waals surface area contributed by atoms with Gasteiger partial charge in [-0.2, -0.15) is 0 Å². The molecule has 2 aromatic rings. The third kappa shape index (κ3) is 2.76. The summed E-state index contributed by atoms with van der Waals surface area (Å²) in [5.41, 5.74) is 4.31. The molecule has 0 saturated heterocycles. The SMILES string of the molecule is CCCCCCNC1CCCc2c1[nH]c1ccccc21. The average Bonchev–Trinajstić information content (AvgIpc) is 2.87. The van der Waals surface area contributed by atoms with E-state index >= 15 is 0 Å². The zero-order chi connectivity index (χ0) is 13.8. The number of fused-ring (bicyclic) bond motifs is 3. The first kappa shape index (κ1) is 13.7. The van der Waals surface area contributed by atoms with Crippen LogP contribution in [-0.2, 0) is 6.42 Å². The van der Waals surface area contributed by atoms with Gasteiger partial charge in [0.1, 0.15) is 0 Å². The molecule has 0 aliphatic heterocycles. The molecule has 0 saturated carbocycles. The van der Waals surface area contributed by atoms with Crippen LogP contribution in [0, 0.1) is 0 Å². The summed E-state index contributed by atoms with van der Waals surface area (Å²) in [7, 11) is 0. The molecule has 1 heterocycles. The number of hydrogen-bond acceptors (Lipinski definition) is 1. The van der Waals surface area contributed by atoms with Crippen molar-refractivity contribution in [2.75, 3.05) is 6.54 Å². The van der Waals surface area contributed by atoms with Crippen LogP contribution in [0.5, 0.6) is 0 Å². The van der Waals surface area contributed by atoms with Crippen LogP contribution in [0.15, 0.2) is 24.3 Å². The van der Waals surface area contributed by atoms with Gasteiger partial charge >= 0.3 is 0 Å². The van der Waals surface area contributed by atoms with Gasteiger partial charge in [0.25, 0.3) is 0 Å². The fourth-order valence-corrected chi connectivity index (χ4v) is 3.45. The van der Waals surface area contributed by atoms with Gasteiger partial charge in [0, 0.05) is 22.6 Å². The number of rotatable bonds is 6. The third-order valence-corrected chi connectivity index (χ3v) is 4.54. The lowest BCUT2D eigenvalue weighted by atomic mass is 9.91. The first-order valence-corrected chi connectivity index (χ1v) is 8.23. The van der Waals surface area contributed by atoms with Crippen molar-refractivity contribution in [1.29, 1.82) is 0 Å². The van der Waals surface area contributed by atoms with Crippen LogP contribution in [-0.4, -0.2) is 11.5 Å². The third-order valence-electron chi connectivity index (χ3n) is 4.54. The maximum Gasteiger partial charge on any atom is 0.0476 e. The molecule has 1 aliphatic carbocycles. The number of hydrogen-bond donors (Lipinski definition) is 2. The molecule has 2 heteroatoms. The lowest BCUT2D eigenvalue weighted by Crippen LogP contribution is -2.26. The van der Waals surface area contributed by atoms with Crippen molar-refractivity contribution in [3.8, 4) is 0 Å². The minimum atomic E-state index is 0.535. The van der Waals surface area contributed by atoms with Crippen LogP contribution in [0.4, 0.5) is 0 Å². The molecule has 108 valence electrons. The van der Waals surface area contributed by atoms with Crippen LogP contribution >= 0.6 is 0 Å². The van der Waals surface area contributed by atoms with Gasteiger partial charge < -0.3 is 10.3 Å². The van der Waals surface area contributed by atoms with E-state index < -0.39 is 0 Å². The van der Waals surface area contributed by atoms with Gasteiger partial charge in [-0.15, -0.1) is 0 Å². The van der Waals surface area contributed by atoms with E-state index in [1.54, 1.807) is 5.56 Å². The average molecular weight is 270 g/mol. The van der Waals surface area contributed by atoms with E-state index in [-0.39, 0.29) is 0 Å². The fraction of sp³-hybridized carbons (Fsp3) is 0.556. The highest BCUT2D eigenvalue weighted by atomic mass is 14.9. The minimum absolute atomic E-state index is 0.535. The van der Waals surface area contributed by atoms with Gasteiger partial charge in [-0.3, -0.25) is 0 Å². The number of benzene rings is 1. The molecular weight excluding hydrogens is 244 g/mol. The number of unbranched alkanes of at least 4 members (excludes halogenated alkanes) is 3. The van der Waals surface area contributed by atoms with Crippen LogP contribution < -0.4 is 5.32 Å². The number of H-pyrrole nitrogens is 1. The number of nitrogens with one attached hydrogen (secondary N) is 2. The van der Waals surface area contributed by atoms with Crippen LogP contribution in [0.2, 0.25) is 0 Å². The van der Waals surface area contributed by atoms with E-state index in [1.807, 2.05) is 0 Å². The zero-order valence-electron chi connectivity index (χ0n) is 12.5. The largest absolute Gasteiger partial charge is 0.357 e. The normalized spacial score (nSPS) is 18.4. The lowest BCUT2D eigenvalue weighted by Gasteiger charge is -2.24. The lowest BCUT2D eigenvalue weighted by molar-refractivity contribution is 0.443.